The molecule has 1 aromatic rings. The van der Waals surface area contributed by atoms with Gasteiger partial charge in [-0.1, -0.05) is 0 Å². The second-order valence-corrected chi connectivity index (χ2v) is 4.92. The molecule has 0 unspecified atom stereocenters. The zero-order valence-corrected chi connectivity index (χ0v) is 9.41. The van der Waals surface area contributed by atoms with Gasteiger partial charge in [-0.15, -0.1) is 0 Å². The molecule has 0 radical (unpaired) electrons. The smallest absolute Gasteiger partial charge is 0.170 e. The first kappa shape index (κ1) is 9.94. The molecule has 0 amide bonds. The molecule has 3 heteroatoms. The number of fused-ring (bicyclic) bond motifs is 1. The Morgan fingerprint density at radius 1 is 1.12 bits per heavy atom. The van der Waals surface area contributed by atoms with Gasteiger partial charge in [-0.2, -0.15) is 0 Å². The molecule has 0 atom stereocenters. The molecule has 0 N–H and O–H groups in total. The molecule has 2 aliphatic carbocycles. The first-order valence-corrected chi connectivity index (χ1v) is 6.20. The van der Waals surface area contributed by atoms with Crippen molar-refractivity contribution < 1.29 is 4.79 Å². The van der Waals surface area contributed by atoms with Crippen molar-refractivity contribution in [1.29, 1.82) is 0 Å². The van der Waals surface area contributed by atoms with Crippen molar-refractivity contribution in [3.8, 4) is 0 Å². The SMILES string of the molecule is O=Cc1nc2c(nc1CC1CC1)CCCC2. The normalized spacial score (nSPS) is 19.2. The van der Waals surface area contributed by atoms with Crippen LogP contribution in [0.2, 0.25) is 0 Å². The number of nitrogens with zero attached hydrogens (tertiary/aromatic N) is 2. The van der Waals surface area contributed by atoms with Crippen LogP contribution in [-0.2, 0) is 19.3 Å². The maximum atomic E-state index is 11.0. The van der Waals surface area contributed by atoms with Crippen molar-refractivity contribution in [2.24, 2.45) is 5.92 Å². The minimum atomic E-state index is 0.590. The summed E-state index contributed by atoms with van der Waals surface area (Å²) in [4.78, 5) is 20.2. The molecule has 0 bridgehead atoms. The van der Waals surface area contributed by atoms with Crippen molar-refractivity contribution >= 4 is 6.29 Å². The fourth-order valence-corrected chi connectivity index (χ4v) is 2.38. The molecule has 1 heterocycles. The van der Waals surface area contributed by atoms with Crippen molar-refractivity contribution in [3.63, 3.8) is 0 Å². The standard InChI is InChI=1S/C13H16N2O/c16-8-13-12(7-9-5-6-9)14-10-3-1-2-4-11(10)15-13/h8-9H,1-7H2. The van der Waals surface area contributed by atoms with Gasteiger partial charge in [0.1, 0.15) is 5.69 Å². The first-order chi connectivity index (χ1) is 7.86. The summed E-state index contributed by atoms with van der Waals surface area (Å²) in [5, 5.41) is 0. The van der Waals surface area contributed by atoms with E-state index < -0.39 is 0 Å². The zero-order valence-electron chi connectivity index (χ0n) is 9.41. The molecule has 2 aliphatic rings. The molecule has 0 aliphatic heterocycles. The van der Waals surface area contributed by atoms with E-state index in [4.69, 9.17) is 0 Å². The molecule has 1 fully saturated rings. The number of aromatic nitrogens is 2. The molecule has 0 spiro atoms. The summed E-state index contributed by atoms with van der Waals surface area (Å²) in [6, 6.07) is 0. The summed E-state index contributed by atoms with van der Waals surface area (Å²) in [6.45, 7) is 0. The highest BCUT2D eigenvalue weighted by Crippen LogP contribution is 2.33. The molecule has 0 aromatic carbocycles. The third-order valence-electron chi connectivity index (χ3n) is 3.52. The summed E-state index contributed by atoms with van der Waals surface area (Å²) in [6.07, 6.45) is 8.83. The van der Waals surface area contributed by atoms with Gasteiger partial charge in [0.15, 0.2) is 6.29 Å². The van der Waals surface area contributed by atoms with Crippen molar-refractivity contribution in [2.75, 3.05) is 0 Å². The van der Waals surface area contributed by atoms with Gasteiger partial charge in [-0.3, -0.25) is 9.78 Å². The molecule has 1 aromatic heterocycles. The molecular weight excluding hydrogens is 200 g/mol. The molecule has 1 saturated carbocycles. The van der Waals surface area contributed by atoms with E-state index in [1.54, 1.807) is 0 Å². The van der Waals surface area contributed by atoms with Crippen LogP contribution in [0.15, 0.2) is 0 Å². The highest BCUT2D eigenvalue weighted by molar-refractivity contribution is 5.73. The predicted octanol–water partition coefficient (Wildman–Crippen LogP) is 2.12. The Hall–Kier alpha value is -1.25. The molecule has 3 rings (SSSR count). The Morgan fingerprint density at radius 3 is 2.44 bits per heavy atom. The summed E-state index contributed by atoms with van der Waals surface area (Å²) in [5.74, 6) is 0.759. The second-order valence-electron chi connectivity index (χ2n) is 4.92. The highest BCUT2D eigenvalue weighted by Gasteiger charge is 2.25. The van der Waals surface area contributed by atoms with Crippen LogP contribution in [0.1, 0.15) is 53.3 Å². The van der Waals surface area contributed by atoms with E-state index in [2.05, 4.69) is 9.97 Å². The van der Waals surface area contributed by atoms with Crippen molar-refractivity contribution in [3.05, 3.63) is 22.8 Å². The Morgan fingerprint density at radius 2 is 1.81 bits per heavy atom. The average Bonchev–Trinajstić information content (AvgIpc) is 3.12. The van der Waals surface area contributed by atoms with Crippen LogP contribution >= 0.6 is 0 Å². The van der Waals surface area contributed by atoms with Gasteiger partial charge in [-0.05, 0) is 50.9 Å². The largest absolute Gasteiger partial charge is 0.296 e. The Bertz CT molecular complexity index is 424. The maximum absolute atomic E-state index is 11.0. The van der Waals surface area contributed by atoms with Gasteiger partial charge < -0.3 is 0 Å². The Kier molecular flexibility index (Phi) is 2.46. The van der Waals surface area contributed by atoms with E-state index in [0.29, 0.717) is 5.69 Å². The molecule has 16 heavy (non-hydrogen) atoms. The number of hydrogen-bond acceptors (Lipinski definition) is 3. The average molecular weight is 216 g/mol. The fraction of sp³-hybridized carbons (Fsp3) is 0.615. The lowest BCUT2D eigenvalue weighted by Gasteiger charge is -2.15. The van der Waals surface area contributed by atoms with E-state index in [9.17, 15) is 4.79 Å². The number of carbonyl (C=O) groups is 1. The van der Waals surface area contributed by atoms with E-state index in [-0.39, 0.29) is 0 Å². The monoisotopic (exact) mass is 216 g/mol. The number of aldehydes is 1. The lowest BCUT2D eigenvalue weighted by Crippen LogP contribution is -2.13. The van der Waals surface area contributed by atoms with Gasteiger partial charge in [0, 0.05) is 0 Å². The summed E-state index contributed by atoms with van der Waals surface area (Å²) in [7, 11) is 0. The highest BCUT2D eigenvalue weighted by atomic mass is 16.1. The predicted molar refractivity (Wildman–Crippen MR) is 60.5 cm³/mol. The lowest BCUT2D eigenvalue weighted by atomic mass is 9.99. The first-order valence-electron chi connectivity index (χ1n) is 6.20. The van der Waals surface area contributed by atoms with Crippen molar-refractivity contribution in [1.82, 2.24) is 9.97 Å². The number of aryl methyl sites for hydroxylation is 2. The van der Waals surface area contributed by atoms with Crippen LogP contribution in [0.5, 0.6) is 0 Å². The number of carbonyl (C=O) groups excluding carboxylic acids is 1. The molecule has 0 saturated heterocycles. The quantitative estimate of drug-likeness (QED) is 0.727. The van der Waals surface area contributed by atoms with Crippen LogP contribution in [0, 0.1) is 5.92 Å². The minimum absolute atomic E-state index is 0.590. The fourth-order valence-electron chi connectivity index (χ4n) is 2.38. The second kappa shape index (κ2) is 3.96. The van der Waals surface area contributed by atoms with Crippen LogP contribution in [0.25, 0.3) is 0 Å². The third-order valence-corrected chi connectivity index (χ3v) is 3.52. The molecular formula is C13H16N2O. The van der Waals surface area contributed by atoms with Gasteiger partial charge in [0.2, 0.25) is 0 Å². The zero-order chi connectivity index (χ0) is 11.0. The summed E-state index contributed by atoms with van der Waals surface area (Å²) < 4.78 is 0. The lowest BCUT2D eigenvalue weighted by molar-refractivity contribution is 0.111. The van der Waals surface area contributed by atoms with Crippen LogP contribution in [0.3, 0.4) is 0 Å². The number of hydrogen-bond donors (Lipinski definition) is 0. The third kappa shape index (κ3) is 1.86. The Balaban J connectivity index is 1.97. The van der Waals surface area contributed by atoms with E-state index >= 15 is 0 Å². The summed E-state index contributed by atoms with van der Waals surface area (Å²) in [5.41, 5.74) is 3.74. The van der Waals surface area contributed by atoms with E-state index in [1.165, 1.54) is 25.7 Å². The van der Waals surface area contributed by atoms with E-state index in [1.807, 2.05) is 0 Å². The maximum Gasteiger partial charge on any atom is 0.170 e. The number of rotatable bonds is 3. The topological polar surface area (TPSA) is 42.9 Å². The van der Waals surface area contributed by atoms with Crippen LogP contribution in [0.4, 0.5) is 0 Å². The van der Waals surface area contributed by atoms with Crippen LogP contribution < -0.4 is 0 Å². The Labute approximate surface area is 95.3 Å². The minimum Gasteiger partial charge on any atom is -0.296 e. The van der Waals surface area contributed by atoms with Gasteiger partial charge in [0.25, 0.3) is 0 Å². The van der Waals surface area contributed by atoms with Gasteiger partial charge in [-0.25, -0.2) is 4.98 Å². The van der Waals surface area contributed by atoms with E-state index in [0.717, 1.165) is 48.5 Å². The van der Waals surface area contributed by atoms with Gasteiger partial charge >= 0.3 is 0 Å². The molecule has 84 valence electrons. The summed E-state index contributed by atoms with van der Waals surface area (Å²) >= 11 is 0. The van der Waals surface area contributed by atoms with Gasteiger partial charge in [0.05, 0.1) is 17.1 Å². The van der Waals surface area contributed by atoms with Crippen molar-refractivity contribution in [2.45, 2.75) is 44.9 Å². The van der Waals surface area contributed by atoms with Crippen LogP contribution in [-0.4, -0.2) is 16.3 Å². The molecule has 3 nitrogen and oxygen atoms in total.